The number of methoxy groups -OCH3 is 2. The minimum absolute atomic E-state index is 0.153. The van der Waals surface area contributed by atoms with Crippen molar-refractivity contribution in [2.75, 3.05) is 40.5 Å². The monoisotopic (exact) mass is 216 g/mol. The fourth-order valence-electron chi connectivity index (χ4n) is 2.01. The van der Waals surface area contributed by atoms with E-state index in [1.165, 1.54) is 12.8 Å². The molecule has 0 amide bonds. The Bertz CT molecular complexity index is 170. The predicted octanol–water partition coefficient (Wildman–Crippen LogP) is 0.380. The molecule has 1 heterocycles. The van der Waals surface area contributed by atoms with Crippen molar-refractivity contribution < 1.29 is 9.47 Å². The predicted molar refractivity (Wildman–Crippen MR) is 61.2 cm³/mol. The molecule has 1 aliphatic heterocycles. The second kappa shape index (κ2) is 6.43. The standard InChI is InChI=1S/C11H24N2O2/c1-11(5-4-6-13-11)9-12-7-10(15-3)8-14-2/h10,12-13H,4-9H2,1-3H3. The zero-order valence-corrected chi connectivity index (χ0v) is 10.1. The van der Waals surface area contributed by atoms with Gasteiger partial charge in [-0.3, -0.25) is 0 Å². The molecule has 0 aliphatic carbocycles. The average Bonchev–Trinajstić information content (AvgIpc) is 2.64. The lowest BCUT2D eigenvalue weighted by atomic mass is 10.0. The molecule has 0 aromatic rings. The molecule has 2 N–H and O–H groups in total. The Balaban J connectivity index is 2.13. The first-order valence-electron chi connectivity index (χ1n) is 5.68. The van der Waals surface area contributed by atoms with E-state index < -0.39 is 0 Å². The fourth-order valence-corrected chi connectivity index (χ4v) is 2.01. The van der Waals surface area contributed by atoms with E-state index in [1.54, 1.807) is 14.2 Å². The summed E-state index contributed by atoms with van der Waals surface area (Å²) in [6.07, 6.45) is 2.69. The molecule has 0 spiro atoms. The van der Waals surface area contributed by atoms with Crippen molar-refractivity contribution in [3.8, 4) is 0 Å². The van der Waals surface area contributed by atoms with Gasteiger partial charge >= 0.3 is 0 Å². The lowest BCUT2D eigenvalue weighted by Crippen LogP contribution is -2.47. The van der Waals surface area contributed by atoms with E-state index in [4.69, 9.17) is 9.47 Å². The highest BCUT2D eigenvalue weighted by molar-refractivity contribution is 4.90. The maximum atomic E-state index is 5.28. The molecule has 1 rings (SSSR count). The van der Waals surface area contributed by atoms with Gasteiger partial charge in [-0.05, 0) is 26.3 Å². The number of hydrogen-bond donors (Lipinski definition) is 2. The molecule has 2 atom stereocenters. The SMILES string of the molecule is COCC(CNCC1(C)CCCN1)OC. The molecule has 0 aromatic heterocycles. The van der Waals surface area contributed by atoms with Crippen molar-refractivity contribution in [3.05, 3.63) is 0 Å². The van der Waals surface area contributed by atoms with Crippen LogP contribution in [0.5, 0.6) is 0 Å². The highest BCUT2D eigenvalue weighted by atomic mass is 16.5. The summed E-state index contributed by atoms with van der Waals surface area (Å²) in [7, 11) is 3.42. The first-order chi connectivity index (χ1) is 7.20. The van der Waals surface area contributed by atoms with Gasteiger partial charge in [-0.25, -0.2) is 0 Å². The van der Waals surface area contributed by atoms with E-state index in [9.17, 15) is 0 Å². The third-order valence-corrected chi connectivity index (χ3v) is 3.03. The van der Waals surface area contributed by atoms with Crippen molar-refractivity contribution >= 4 is 0 Å². The molecule has 90 valence electrons. The van der Waals surface area contributed by atoms with Gasteiger partial charge in [-0.15, -0.1) is 0 Å². The zero-order valence-electron chi connectivity index (χ0n) is 10.1. The minimum Gasteiger partial charge on any atom is -0.382 e. The minimum atomic E-state index is 0.153. The summed E-state index contributed by atoms with van der Waals surface area (Å²) in [4.78, 5) is 0. The van der Waals surface area contributed by atoms with E-state index in [1.807, 2.05) is 0 Å². The molecular formula is C11H24N2O2. The highest BCUT2D eigenvalue weighted by Crippen LogP contribution is 2.16. The third kappa shape index (κ3) is 4.47. The summed E-state index contributed by atoms with van der Waals surface area (Å²) in [6.45, 7) is 5.90. The molecular weight excluding hydrogens is 192 g/mol. The first kappa shape index (κ1) is 12.9. The number of nitrogens with one attached hydrogen (secondary N) is 2. The van der Waals surface area contributed by atoms with E-state index in [0.29, 0.717) is 6.61 Å². The van der Waals surface area contributed by atoms with Crippen LogP contribution in [0.25, 0.3) is 0 Å². The molecule has 15 heavy (non-hydrogen) atoms. The van der Waals surface area contributed by atoms with Gasteiger partial charge in [0.25, 0.3) is 0 Å². The summed E-state index contributed by atoms with van der Waals surface area (Å²) in [5.41, 5.74) is 0.269. The number of ether oxygens (including phenoxy) is 2. The van der Waals surface area contributed by atoms with Gasteiger partial charge in [0, 0.05) is 32.8 Å². The van der Waals surface area contributed by atoms with Crippen LogP contribution in [0.4, 0.5) is 0 Å². The van der Waals surface area contributed by atoms with E-state index in [-0.39, 0.29) is 11.6 Å². The van der Waals surface area contributed by atoms with Gasteiger partial charge in [-0.1, -0.05) is 0 Å². The van der Waals surface area contributed by atoms with Gasteiger partial charge < -0.3 is 20.1 Å². The Morgan fingerprint density at radius 3 is 2.80 bits per heavy atom. The molecule has 0 bridgehead atoms. The van der Waals surface area contributed by atoms with Crippen molar-refractivity contribution in [1.82, 2.24) is 10.6 Å². The van der Waals surface area contributed by atoms with Crippen LogP contribution in [-0.2, 0) is 9.47 Å². The summed E-state index contributed by atoms with van der Waals surface area (Å²) < 4.78 is 10.3. The molecule has 2 unspecified atom stereocenters. The van der Waals surface area contributed by atoms with Crippen molar-refractivity contribution in [3.63, 3.8) is 0 Å². The maximum absolute atomic E-state index is 5.28. The van der Waals surface area contributed by atoms with Gasteiger partial charge in [0.2, 0.25) is 0 Å². The maximum Gasteiger partial charge on any atom is 0.0928 e. The molecule has 0 radical (unpaired) electrons. The summed E-state index contributed by atoms with van der Waals surface area (Å²) in [6, 6.07) is 0. The van der Waals surface area contributed by atoms with Gasteiger partial charge in [0.1, 0.15) is 0 Å². The lowest BCUT2D eigenvalue weighted by molar-refractivity contribution is 0.0282. The Kier molecular flexibility index (Phi) is 5.53. The summed E-state index contributed by atoms with van der Waals surface area (Å²) in [5, 5.41) is 6.96. The van der Waals surface area contributed by atoms with E-state index in [0.717, 1.165) is 19.6 Å². The molecule has 0 saturated carbocycles. The van der Waals surface area contributed by atoms with Crippen LogP contribution in [0.1, 0.15) is 19.8 Å². The zero-order chi connectivity index (χ0) is 11.1. The second-order valence-corrected chi connectivity index (χ2v) is 4.53. The van der Waals surface area contributed by atoms with Crippen LogP contribution in [0.3, 0.4) is 0 Å². The largest absolute Gasteiger partial charge is 0.382 e. The molecule has 1 fully saturated rings. The Hall–Kier alpha value is -0.160. The van der Waals surface area contributed by atoms with Crippen molar-refractivity contribution in [1.29, 1.82) is 0 Å². The average molecular weight is 216 g/mol. The lowest BCUT2D eigenvalue weighted by Gasteiger charge is -2.26. The normalized spacial score (nSPS) is 28.2. The quantitative estimate of drug-likeness (QED) is 0.645. The topological polar surface area (TPSA) is 42.5 Å². The molecule has 4 heteroatoms. The van der Waals surface area contributed by atoms with Crippen molar-refractivity contribution in [2.24, 2.45) is 0 Å². The Morgan fingerprint density at radius 2 is 2.27 bits per heavy atom. The van der Waals surface area contributed by atoms with Crippen LogP contribution < -0.4 is 10.6 Å². The van der Waals surface area contributed by atoms with Gasteiger partial charge in [-0.2, -0.15) is 0 Å². The van der Waals surface area contributed by atoms with Crippen LogP contribution in [0, 0.1) is 0 Å². The summed E-state index contributed by atoms with van der Waals surface area (Å²) >= 11 is 0. The van der Waals surface area contributed by atoms with Crippen LogP contribution >= 0.6 is 0 Å². The van der Waals surface area contributed by atoms with Crippen LogP contribution in [-0.4, -0.2) is 52.1 Å². The molecule has 0 aromatic carbocycles. The van der Waals surface area contributed by atoms with Gasteiger partial charge in [0.15, 0.2) is 0 Å². The molecule has 4 nitrogen and oxygen atoms in total. The van der Waals surface area contributed by atoms with E-state index >= 15 is 0 Å². The Morgan fingerprint density at radius 1 is 1.47 bits per heavy atom. The van der Waals surface area contributed by atoms with E-state index in [2.05, 4.69) is 17.6 Å². The first-order valence-corrected chi connectivity index (χ1v) is 5.68. The second-order valence-electron chi connectivity index (χ2n) is 4.53. The third-order valence-electron chi connectivity index (χ3n) is 3.03. The Labute approximate surface area is 92.7 Å². The molecule has 1 aliphatic rings. The van der Waals surface area contributed by atoms with Crippen LogP contribution in [0.15, 0.2) is 0 Å². The molecule has 1 saturated heterocycles. The van der Waals surface area contributed by atoms with Crippen molar-refractivity contribution in [2.45, 2.75) is 31.4 Å². The summed E-state index contributed by atoms with van der Waals surface area (Å²) in [5.74, 6) is 0. The van der Waals surface area contributed by atoms with Gasteiger partial charge in [0.05, 0.1) is 12.7 Å². The number of rotatable bonds is 7. The fraction of sp³-hybridized carbons (Fsp3) is 1.00. The van der Waals surface area contributed by atoms with Crippen LogP contribution in [0.2, 0.25) is 0 Å². The highest BCUT2D eigenvalue weighted by Gasteiger charge is 2.27. The smallest absolute Gasteiger partial charge is 0.0928 e. The number of hydrogen-bond acceptors (Lipinski definition) is 4.